The smallest absolute Gasteiger partial charge is 0.270 e. The fraction of sp³-hybridized carbons (Fsp3) is 0.467. The maximum Gasteiger partial charge on any atom is 0.270 e. The summed E-state index contributed by atoms with van der Waals surface area (Å²) in [5.74, 6) is 0.640. The van der Waals surface area contributed by atoms with E-state index in [2.05, 4.69) is 34.9 Å². The third-order valence-corrected chi connectivity index (χ3v) is 9.22. The summed E-state index contributed by atoms with van der Waals surface area (Å²) in [5, 5.41) is 9.97. The molecule has 40 heavy (non-hydrogen) atoms. The van der Waals surface area contributed by atoms with Gasteiger partial charge in [-0.05, 0) is 50.0 Å². The number of anilines is 2. The first-order chi connectivity index (χ1) is 19.4. The van der Waals surface area contributed by atoms with Gasteiger partial charge in [0.2, 0.25) is 0 Å². The summed E-state index contributed by atoms with van der Waals surface area (Å²) in [6.45, 7) is 8.61. The van der Waals surface area contributed by atoms with Gasteiger partial charge in [0.25, 0.3) is 11.5 Å². The average molecular weight is 578 g/mol. The first kappa shape index (κ1) is 28.4. The van der Waals surface area contributed by atoms with Crippen LogP contribution < -0.4 is 15.4 Å². The molecule has 3 aliphatic rings. The lowest BCUT2D eigenvalue weighted by molar-refractivity contribution is -0.123. The number of piperazine rings is 1. The summed E-state index contributed by atoms with van der Waals surface area (Å²) in [6.07, 6.45) is 5.50. The SMILES string of the molecule is CCCCn1c(N2CCN(c3ccccc3)CC2)c(/C=C2/SC(=S)N(CC3CCCO3)C2=O)c(C)c(C#N)c1=O. The molecule has 0 spiro atoms. The van der Waals surface area contributed by atoms with E-state index in [0.29, 0.717) is 47.6 Å². The summed E-state index contributed by atoms with van der Waals surface area (Å²) >= 11 is 6.88. The topological polar surface area (TPSA) is 81.8 Å². The van der Waals surface area contributed by atoms with Crippen LogP contribution in [0.15, 0.2) is 40.0 Å². The summed E-state index contributed by atoms with van der Waals surface area (Å²) in [7, 11) is 0. The number of rotatable bonds is 8. The summed E-state index contributed by atoms with van der Waals surface area (Å²) in [4.78, 5) is 33.9. The number of thiocarbonyl (C=S) groups is 1. The highest BCUT2D eigenvalue weighted by Gasteiger charge is 2.35. The zero-order chi connectivity index (χ0) is 28.2. The largest absolute Gasteiger partial charge is 0.376 e. The zero-order valence-electron chi connectivity index (χ0n) is 23.1. The highest BCUT2D eigenvalue weighted by molar-refractivity contribution is 8.26. The third kappa shape index (κ3) is 5.69. The van der Waals surface area contributed by atoms with Gasteiger partial charge in [0.15, 0.2) is 0 Å². The maximum atomic E-state index is 13.6. The highest BCUT2D eigenvalue weighted by Crippen LogP contribution is 2.37. The number of benzene rings is 1. The fourth-order valence-electron chi connectivity index (χ4n) is 5.60. The van der Waals surface area contributed by atoms with Crippen LogP contribution in [0.5, 0.6) is 0 Å². The minimum atomic E-state index is -0.267. The van der Waals surface area contributed by atoms with Crippen LogP contribution in [0.2, 0.25) is 0 Å². The van der Waals surface area contributed by atoms with Gasteiger partial charge in [-0.3, -0.25) is 19.1 Å². The number of nitrogens with zero attached hydrogens (tertiary/aromatic N) is 5. The Hall–Kier alpha value is -3.13. The zero-order valence-corrected chi connectivity index (χ0v) is 24.7. The fourth-order valence-corrected chi connectivity index (χ4v) is 6.86. The van der Waals surface area contributed by atoms with Crippen LogP contribution in [0.4, 0.5) is 11.5 Å². The average Bonchev–Trinajstić information content (AvgIpc) is 3.58. The van der Waals surface area contributed by atoms with Crippen molar-refractivity contribution in [1.29, 1.82) is 5.26 Å². The molecule has 4 heterocycles. The Morgan fingerprint density at radius 3 is 2.52 bits per heavy atom. The molecular formula is C30H35N5O3S2. The number of hydrogen-bond donors (Lipinski definition) is 0. The van der Waals surface area contributed by atoms with Gasteiger partial charge in [-0.2, -0.15) is 5.26 Å². The summed E-state index contributed by atoms with van der Waals surface area (Å²) in [5.41, 5.74) is 2.39. The highest BCUT2D eigenvalue weighted by atomic mass is 32.2. The van der Waals surface area contributed by atoms with E-state index in [0.717, 1.165) is 50.2 Å². The van der Waals surface area contributed by atoms with Crippen LogP contribution in [0.1, 0.15) is 49.3 Å². The predicted octanol–water partition coefficient (Wildman–Crippen LogP) is 4.54. The Kier molecular flexibility index (Phi) is 8.94. The third-order valence-electron chi connectivity index (χ3n) is 7.84. The molecule has 3 saturated heterocycles. The number of amides is 1. The Labute approximate surface area is 245 Å². The van der Waals surface area contributed by atoms with E-state index in [-0.39, 0.29) is 23.1 Å². The first-order valence-corrected chi connectivity index (χ1v) is 15.2. The standard InChI is InChI=1S/C30H35N5O3S2/c1-3-4-12-34-27(33-15-13-32(14-16-33)22-9-6-5-7-10-22)24(21(2)25(19-31)28(34)36)18-26-29(37)35(30(39)40-26)20-23-11-8-17-38-23/h5-7,9-10,18,23H,3-4,8,11-17,20H2,1-2H3/b26-18+. The van der Waals surface area contributed by atoms with Crippen LogP contribution in [-0.4, -0.2) is 65.1 Å². The molecule has 0 bridgehead atoms. The second-order valence-corrected chi connectivity index (χ2v) is 12.1. The van der Waals surface area contributed by atoms with Crippen molar-refractivity contribution in [3.05, 3.63) is 62.3 Å². The monoisotopic (exact) mass is 577 g/mol. The predicted molar refractivity (Wildman–Crippen MR) is 165 cm³/mol. The van der Waals surface area contributed by atoms with Gasteiger partial charge >= 0.3 is 0 Å². The van der Waals surface area contributed by atoms with E-state index >= 15 is 0 Å². The van der Waals surface area contributed by atoms with Crippen molar-refractivity contribution in [1.82, 2.24) is 9.47 Å². The molecule has 1 aromatic carbocycles. The number of carbonyl (C=O) groups is 1. The van der Waals surface area contributed by atoms with E-state index < -0.39 is 0 Å². The normalized spacial score (nSPS) is 20.6. The van der Waals surface area contributed by atoms with E-state index in [1.54, 1.807) is 9.47 Å². The quantitative estimate of drug-likeness (QED) is 0.334. The Morgan fingerprint density at radius 1 is 1.15 bits per heavy atom. The van der Waals surface area contributed by atoms with Crippen LogP contribution in [0.3, 0.4) is 0 Å². The molecule has 3 aliphatic heterocycles. The Balaban J connectivity index is 1.53. The Bertz CT molecular complexity index is 1400. The molecule has 0 N–H and O–H groups in total. The van der Waals surface area contributed by atoms with Gasteiger partial charge in [-0.25, -0.2) is 0 Å². The van der Waals surface area contributed by atoms with E-state index in [4.69, 9.17) is 17.0 Å². The number of para-hydroxylation sites is 1. The number of pyridine rings is 1. The van der Waals surface area contributed by atoms with E-state index in [9.17, 15) is 14.9 Å². The maximum absolute atomic E-state index is 13.6. The molecule has 10 heteroatoms. The second-order valence-electron chi connectivity index (χ2n) is 10.4. The minimum absolute atomic E-state index is 0.00111. The van der Waals surface area contributed by atoms with Gasteiger partial charge in [0.1, 0.15) is 21.8 Å². The van der Waals surface area contributed by atoms with Gasteiger partial charge in [-0.1, -0.05) is 55.5 Å². The number of nitriles is 1. The minimum Gasteiger partial charge on any atom is -0.376 e. The lowest BCUT2D eigenvalue weighted by Gasteiger charge is -2.39. The molecular weight excluding hydrogens is 542 g/mol. The van der Waals surface area contributed by atoms with Gasteiger partial charge in [-0.15, -0.1) is 0 Å². The van der Waals surface area contributed by atoms with Crippen LogP contribution in [0.25, 0.3) is 6.08 Å². The molecule has 1 unspecified atom stereocenters. The van der Waals surface area contributed by atoms with E-state index in [1.807, 2.05) is 31.2 Å². The van der Waals surface area contributed by atoms with Crippen LogP contribution in [-0.2, 0) is 16.1 Å². The molecule has 2 aromatic rings. The lowest BCUT2D eigenvalue weighted by atomic mass is 10.0. The molecule has 1 amide bonds. The molecule has 0 saturated carbocycles. The van der Waals surface area contributed by atoms with Crippen molar-refractivity contribution >= 4 is 51.8 Å². The molecule has 1 atom stereocenters. The number of aromatic nitrogens is 1. The van der Waals surface area contributed by atoms with Crippen molar-refractivity contribution in [3.8, 4) is 6.07 Å². The lowest BCUT2D eigenvalue weighted by Crippen LogP contribution is -2.48. The number of unbranched alkanes of at least 4 members (excludes halogenated alkanes) is 1. The molecule has 8 nitrogen and oxygen atoms in total. The summed E-state index contributed by atoms with van der Waals surface area (Å²) in [6, 6.07) is 12.5. The molecule has 3 fully saturated rings. The molecule has 5 rings (SSSR count). The Morgan fingerprint density at radius 2 is 1.88 bits per heavy atom. The van der Waals surface area contributed by atoms with Gasteiger partial charge < -0.3 is 14.5 Å². The van der Waals surface area contributed by atoms with E-state index in [1.165, 1.54) is 17.4 Å². The molecule has 1 aromatic heterocycles. The van der Waals surface area contributed by atoms with Crippen LogP contribution in [0, 0.1) is 18.3 Å². The van der Waals surface area contributed by atoms with Gasteiger partial charge in [0, 0.05) is 50.6 Å². The number of thioether (sulfide) groups is 1. The number of ether oxygens (including phenoxy) is 1. The molecule has 0 aliphatic carbocycles. The van der Waals surface area contributed by atoms with Crippen molar-refractivity contribution in [2.24, 2.45) is 0 Å². The van der Waals surface area contributed by atoms with Crippen molar-refractivity contribution in [2.45, 2.75) is 52.2 Å². The van der Waals surface area contributed by atoms with Crippen molar-refractivity contribution in [3.63, 3.8) is 0 Å². The first-order valence-electron chi connectivity index (χ1n) is 14.0. The second kappa shape index (κ2) is 12.6. The van der Waals surface area contributed by atoms with Crippen molar-refractivity contribution in [2.75, 3.05) is 49.1 Å². The number of carbonyl (C=O) groups excluding carboxylic acids is 1. The molecule has 210 valence electrons. The molecule has 0 radical (unpaired) electrons. The van der Waals surface area contributed by atoms with Gasteiger partial charge in [0.05, 0.1) is 17.6 Å². The van der Waals surface area contributed by atoms with Crippen molar-refractivity contribution < 1.29 is 9.53 Å². The van der Waals surface area contributed by atoms with Crippen LogP contribution >= 0.6 is 24.0 Å². The summed E-state index contributed by atoms with van der Waals surface area (Å²) < 4.78 is 8.03. The number of hydrogen-bond acceptors (Lipinski definition) is 8.